The fraction of sp³-hybridized carbons (Fsp3) is 0.448. The van der Waals surface area contributed by atoms with E-state index in [0.717, 1.165) is 24.1 Å². The first kappa shape index (κ1) is 27.0. The number of likely N-dealkylation sites (tertiary alicyclic amines) is 1. The summed E-state index contributed by atoms with van der Waals surface area (Å²) in [6.45, 7) is 1.84. The van der Waals surface area contributed by atoms with Crippen LogP contribution in [0, 0.1) is 11.3 Å². The Hall–Kier alpha value is -3.55. The second-order valence-corrected chi connectivity index (χ2v) is 13.0. The number of fused-ring (bicyclic) bond motifs is 1. The maximum Gasteiger partial charge on any atom is 0.267 e. The van der Waals surface area contributed by atoms with Gasteiger partial charge < -0.3 is 5.32 Å². The van der Waals surface area contributed by atoms with Crippen molar-refractivity contribution in [1.29, 1.82) is 5.26 Å². The Labute approximate surface area is 228 Å². The van der Waals surface area contributed by atoms with E-state index in [2.05, 4.69) is 21.3 Å². The lowest BCUT2D eigenvalue weighted by Crippen LogP contribution is -2.49. The number of hydrogen-bond donors (Lipinski definition) is 1. The van der Waals surface area contributed by atoms with Gasteiger partial charge in [-0.25, -0.2) is 8.42 Å². The molecular formula is C29H33N5O4S. The Morgan fingerprint density at radius 1 is 1.15 bits per heavy atom. The van der Waals surface area contributed by atoms with Crippen molar-refractivity contribution >= 4 is 21.3 Å². The molecule has 9 nitrogen and oxygen atoms in total. The molecule has 3 aromatic rings. The summed E-state index contributed by atoms with van der Waals surface area (Å²) in [7, 11) is -3.34. The molecule has 2 fully saturated rings. The van der Waals surface area contributed by atoms with E-state index in [1.54, 1.807) is 24.5 Å². The number of nitrogens with zero attached hydrogens (tertiary/aromatic N) is 4. The van der Waals surface area contributed by atoms with Crippen LogP contribution in [0.2, 0.25) is 0 Å². The average Bonchev–Trinajstić information content (AvgIpc) is 2.95. The van der Waals surface area contributed by atoms with Gasteiger partial charge in [-0.3, -0.25) is 23.9 Å². The van der Waals surface area contributed by atoms with Crippen molar-refractivity contribution in [1.82, 2.24) is 19.6 Å². The summed E-state index contributed by atoms with van der Waals surface area (Å²) in [5, 5.41) is 12.2. The molecule has 1 saturated heterocycles. The lowest BCUT2D eigenvalue weighted by atomic mass is 9.76. The van der Waals surface area contributed by atoms with E-state index in [-0.39, 0.29) is 5.56 Å². The largest absolute Gasteiger partial charge is 0.348 e. The molecule has 0 aromatic carbocycles. The fourth-order valence-corrected chi connectivity index (χ4v) is 7.43. The van der Waals surface area contributed by atoms with Crippen LogP contribution in [0.1, 0.15) is 60.1 Å². The van der Waals surface area contributed by atoms with Crippen molar-refractivity contribution in [2.45, 2.75) is 61.8 Å². The van der Waals surface area contributed by atoms with Crippen molar-refractivity contribution in [3.8, 4) is 6.07 Å². The Bertz CT molecular complexity index is 1570. The molecule has 39 heavy (non-hydrogen) atoms. The second-order valence-electron chi connectivity index (χ2n) is 10.8. The number of aromatic nitrogens is 2. The highest BCUT2D eigenvalue weighted by Gasteiger charge is 2.38. The highest BCUT2D eigenvalue weighted by molar-refractivity contribution is 7.91. The maximum atomic E-state index is 13.4. The summed E-state index contributed by atoms with van der Waals surface area (Å²) in [6, 6.07) is 14.7. The molecule has 4 heterocycles. The van der Waals surface area contributed by atoms with E-state index in [1.807, 2.05) is 30.3 Å². The molecular weight excluding hydrogens is 514 g/mol. The quantitative estimate of drug-likeness (QED) is 0.503. The molecule has 2 aliphatic rings. The van der Waals surface area contributed by atoms with Gasteiger partial charge in [0.2, 0.25) is 0 Å². The standard InChI is InChI=1S/C29H33N5O4S/c1-39(37,38)25-10-3-2-8-23(25)32-27(35)22-18-21(24-9-5-7-15-34(24)28(22)36)19-33-16-12-29(20-30,13-17-33)26-11-4-6-14-31-26/h4-7,9,11,14-15,18,23,25H,2-3,8,10,12-13,16-17,19H2,1H3,(H,32,35)/t23-,25-/m0/s1. The topological polar surface area (TPSA) is 125 Å². The van der Waals surface area contributed by atoms with Crippen LogP contribution in [-0.2, 0) is 21.8 Å². The number of pyridine rings is 3. The molecule has 0 bridgehead atoms. The van der Waals surface area contributed by atoms with Gasteiger partial charge in [0.25, 0.3) is 11.5 Å². The van der Waals surface area contributed by atoms with Crippen molar-refractivity contribution in [2.24, 2.45) is 0 Å². The van der Waals surface area contributed by atoms with Gasteiger partial charge in [0.15, 0.2) is 9.84 Å². The van der Waals surface area contributed by atoms with Crippen LogP contribution in [0.4, 0.5) is 0 Å². The molecule has 0 spiro atoms. The van der Waals surface area contributed by atoms with E-state index in [4.69, 9.17) is 0 Å². The Balaban J connectivity index is 1.40. The highest BCUT2D eigenvalue weighted by Crippen LogP contribution is 2.34. The summed E-state index contributed by atoms with van der Waals surface area (Å²) in [6.07, 6.45) is 8.54. The third kappa shape index (κ3) is 5.47. The third-order valence-electron chi connectivity index (χ3n) is 8.24. The molecule has 1 saturated carbocycles. The van der Waals surface area contributed by atoms with Crippen LogP contribution in [0.15, 0.2) is 59.7 Å². The minimum Gasteiger partial charge on any atom is -0.348 e. The van der Waals surface area contributed by atoms with Gasteiger partial charge in [-0.15, -0.1) is 0 Å². The van der Waals surface area contributed by atoms with E-state index >= 15 is 0 Å². The minimum absolute atomic E-state index is 0.00314. The Morgan fingerprint density at radius 3 is 2.59 bits per heavy atom. The predicted octanol–water partition coefficient (Wildman–Crippen LogP) is 2.84. The third-order valence-corrected chi connectivity index (χ3v) is 9.91. The lowest BCUT2D eigenvalue weighted by Gasteiger charge is -2.37. The number of nitrogens with one attached hydrogen (secondary N) is 1. The number of piperidine rings is 1. The highest BCUT2D eigenvalue weighted by atomic mass is 32.2. The smallest absolute Gasteiger partial charge is 0.267 e. The van der Waals surface area contributed by atoms with E-state index in [9.17, 15) is 23.3 Å². The van der Waals surface area contributed by atoms with Gasteiger partial charge >= 0.3 is 0 Å². The van der Waals surface area contributed by atoms with Crippen LogP contribution < -0.4 is 10.9 Å². The Kier molecular flexibility index (Phi) is 7.56. The number of rotatable bonds is 6. The molecule has 1 aliphatic carbocycles. The van der Waals surface area contributed by atoms with Crippen molar-refractivity contribution in [2.75, 3.05) is 19.3 Å². The lowest BCUT2D eigenvalue weighted by molar-refractivity contribution is 0.0927. The normalized spacial score (nSPS) is 21.7. The van der Waals surface area contributed by atoms with Gasteiger partial charge in [-0.1, -0.05) is 25.0 Å². The first-order valence-electron chi connectivity index (χ1n) is 13.4. The number of carbonyl (C=O) groups excluding carboxylic acids is 1. The number of amides is 1. The first-order valence-corrected chi connectivity index (χ1v) is 15.4. The zero-order valence-electron chi connectivity index (χ0n) is 22.0. The van der Waals surface area contributed by atoms with E-state index in [1.165, 1.54) is 10.7 Å². The molecule has 0 radical (unpaired) electrons. The summed E-state index contributed by atoms with van der Waals surface area (Å²) in [5.74, 6) is -0.544. The summed E-state index contributed by atoms with van der Waals surface area (Å²) in [5.41, 5.74) is 1.27. The van der Waals surface area contributed by atoms with Crippen LogP contribution in [0.25, 0.3) is 5.52 Å². The molecule has 1 aliphatic heterocycles. The second kappa shape index (κ2) is 10.9. The molecule has 3 aromatic heterocycles. The van der Waals surface area contributed by atoms with Gasteiger partial charge in [0.05, 0.1) is 22.5 Å². The van der Waals surface area contributed by atoms with Crippen LogP contribution >= 0.6 is 0 Å². The molecule has 2 atom stereocenters. The van der Waals surface area contributed by atoms with Crippen molar-refractivity contribution in [3.63, 3.8) is 0 Å². The van der Waals surface area contributed by atoms with E-state index < -0.39 is 38.0 Å². The molecule has 1 amide bonds. The minimum atomic E-state index is -3.34. The summed E-state index contributed by atoms with van der Waals surface area (Å²) < 4.78 is 26.2. The number of carbonyl (C=O) groups is 1. The number of hydrogen-bond acceptors (Lipinski definition) is 7. The van der Waals surface area contributed by atoms with E-state index in [0.29, 0.717) is 50.8 Å². The number of nitriles is 1. The van der Waals surface area contributed by atoms with Crippen LogP contribution in [0.5, 0.6) is 0 Å². The zero-order valence-corrected chi connectivity index (χ0v) is 22.9. The first-order chi connectivity index (χ1) is 18.7. The fourth-order valence-electron chi connectivity index (χ4n) is 6.04. The monoisotopic (exact) mass is 547 g/mol. The molecule has 0 unspecified atom stereocenters. The molecule has 10 heteroatoms. The molecule has 1 N–H and O–H groups in total. The molecule has 5 rings (SSSR count). The average molecular weight is 548 g/mol. The Morgan fingerprint density at radius 2 is 1.90 bits per heavy atom. The van der Waals surface area contributed by atoms with Crippen molar-refractivity contribution < 1.29 is 13.2 Å². The maximum absolute atomic E-state index is 13.4. The van der Waals surface area contributed by atoms with Crippen LogP contribution in [-0.4, -0.2) is 59.2 Å². The van der Waals surface area contributed by atoms with Gasteiger partial charge in [-0.05, 0) is 61.6 Å². The van der Waals surface area contributed by atoms with Crippen LogP contribution in [0.3, 0.4) is 0 Å². The molecule has 204 valence electrons. The van der Waals surface area contributed by atoms with Gasteiger partial charge in [-0.2, -0.15) is 5.26 Å². The number of sulfone groups is 1. The summed E-state index contributed by atoms with van der Waals surface area (Å²) >= 11 is 0. The SMILES string of the molecule is CS(=O)(=O)[C@H]1CCCC[C@@H]1NC(=O)c1cc(CN2CCC(C#N)(c3ccccn3)CC2)c2ccccn2c1=O. The van der Waals surface area contributed by atoms with Crippen molar-refractivity contribution in [3.05, 3.63) is 82.0 Å². The van der Waals surface area contributed by atoms with Gasteiger partial charge in [0, 0.05) is 44.3 Å². The zero-order chi connectivity index (χ0) is 27.6. The predicted molar refractivity (Wildman–Crippen MR) is 148 cm³/mol. The summed E-state index contributed by atoms with van der Waals surface area (Å²) in [4.78, 5) is 33.4. The van der Waals surface area contributed by atoms with Gasteiger partial charge in [0.1, 0.15) is 11.0 Å².